The van der Waals surface area contributed by atoms with E-state index in [1.165, 1.54) is 22.3 Å². The molecule has 1 N–H and O–H groups in total. The van der Waals surface area contributed by atoms with Crippen molar-refractivity contribution in [3.8, 4) is 23.0 Å². The van der Waals surface area contributed by atoms with Gasteiger partial charge in [-0.1, -0.05) is 24.3 Å². The van der Waals surface area contributed by atoms with Crippen molar-refractivity contribution >= 4 is 5.71 Å². The number of hydrogen-bond donors (Lipinski definition) is 1. The molecule has 0 saturated heterocycles. The van der Waals surface area contributed by atoms with E-state index >= 15 is 0 Å². The quantitative estimate of drug-likeness (QED) is 0.415. The van der Waals surface area contributed by atoms with Crippen LogP contribution < -0.4 is 19.5 Å². The second kappa shape index (κ2) is 10.5. The first-order valence-corrected chi connectivity index (χ1v) is 14.2. The number of nitrogens with one attached hydrogen (secondary N) is 1. The van der Waals surface area contributed by atoms with Gasteiger partial charge in [0.05, 0.1) is 20.1 Å². The second-order valence-electron chi connectivity index (χ2n) is 11.0. The van der Waals surface area contributed by atoms with Crippen LogP contribution in [0.4, 0.5) is 0 Å². The summed E-state index contributed by atoms with van der Waals surface area (Å²) in [6.45, 7) is 1.71. The van der Waals surface area contributed by atoms with E-state index in [9.17, 15) is 0 Å². The molecule has 0 spiro atoms. The number of rotatable bonds is 2. The Hall–Kier alpha value is -4.03. The molecule has 0 radical (unpaired) electrons. The zero-order valence-electron chi connectivity index (χ0n) is 23.0. The number of benzene rings is 3. The third-order valence-electron chi connectivity index (χ3n) is 8.47. The molecule has 4 heterocycles. The SMILES string of the molecule is COC1=C[C@@H]2CCN=C3Cc4ccc(cc4)Oc4cccc(c4)C[C@H]4NCCc5cc(OC)c(cc54)OC(=C1)[C@H]32. The highest BCUT2D eigenvalue weighted by molar-refractivity contribution is 5.92. The van der Waals surface area contributed by atoms with Gasteiger partial charge in [0.25, 0.3) is 0 Å². The molecule has 40 heavy (non-hydrogen) atoms. The van der Waals surface area contributed by atoms with E-state index < -0.39 is 0 Å². The zero-order chi connectivity index (χ0) is 27.1. The Morgan fingerprint density at radius 3 is 2.67 bits per heavy atom. The number of ether oxygens (including phenoxy) is 4. The third-order valence-corrected chi connectivity index (χ3v) is 8.47. The van der Waals surface area contributed by atoms with Gasteiger partial charge in [-0.3, -0.25) is 4.99 Å². The molecule has 8 rings (SSSR count). The monoisotopic (exact) mass is 534 g/mol. The molecule has 0 saturated carbocycles. The van der Waals surface area contributed by atoms with E-state index in [1.54, 1.807) is 14.2 Å². The molecule has 0 amide bonds. The van der Waals surface area contributed by atoms with E-state index in [1.807, 2.05) is 24.3 Å². The third kappa shape index (κ3) is 4.77. The summed E-state index contributed by atoms with van der Waals surface area (Å²) in [5, 5.41) is 3.74. The lowest BCUT2D eigenvalue weighted by atomic mass is 9.77. The lowest BCUT2D eigenvalue weighted by Gasteiger charge is -2.35. The Balaban J connectivity index is 1.36. The summed E-state index contributed by atoms with van der Waals surface area (Å²) in [5.41, 5.74) is 6.09. The number of hydrogen-bond acceptors (Lipinski definition) is 6. The molecule has 6 bridgehead atoms. The highest BCUT2D eigenvalue weighted by Crippen LogP contribution is 2.42. The van der Waals surface area contributed by atoms with Crippen molar-refractivity contribution in [2.24, 2.45) is 16.8 Å². The minimum Gasteiger partial charge on any atom is -0.497 e. The molecule has 6 heteroatoms. The molecule has 1 aliphatic carbocycles. The summed E-state index contributed by atoms with van der Waals surface area (Å²) < 4.78 is 24.7. The minimum absolute atomic E-state index is 0.0388. The predicted octanol–water partition coefficient (Wildman–Crippen LogP) is 6.36. The molecule has 0 fully saturated rings. The Kier molecular flexibility index (Phi) is 6.56. The molecular weight excluding hydrogens is 500 g/mol. The van der Waals surface area contributed by atoms with Crippen LogP contribution in [0.3, 0.4) is 0 Å². The van der Waals surface area contributed by atoms with E-state index in [0.29, 0.717) is 0 Å². The summed E-state index contributed by atoms with van der Waals surface area (Å²) in [6.07, 6.45) is 7.75. The van der Waals surface area contributed by atoms with E-state index in [-0.39, 0.29) is 17.9 Å². The summed E-state index contributed by atoms with van der Waals surface area (Å²) in [4.78, 5) is 5.03. The van der Waals surface area contributed by atoms with Crippen LogP contribution in [0.15, 0.2) is 89.3 Å². The molecule has 0 aromatic heterocycles. The Morgan fingerprint density at radius 1 is 0.925 bits per heavy atom. The van der Waals surface area contributed by atoms with Crippen molar-refractivity contribution in [3.05, 3.63) is 107 Å². The average Bonchev–Trinajstić information content (AvgIpc) is 2.98. The molecule has 3 aromatic carbocycles. The van der Waals surface area contributed by atoms with E-state index in [4.69, 9.17) is 23.9 Å². The van der Waals surface area contributed by atoms with Crippen molar-refractivity contribution in [1.82, 2.24) is 5.32 Å². The Bertz CT molecular complexity index is 1520. The fourth-order valence-corrected chi connectivity index (χ4v) is 6.49. The van der Waals surface area contributed by atoms with Crippen molar-refractivity contribution in [1.29, 1.82) is 0 Å². The van der Waals surface area contributed by atoms with Crippen molar-refractivity contribution in [2.45, 2.75) is 31.7 Å². The number of allylic oxidation sites excluding steroid dienone is 3. The van der Waals surface area contributed by atoms with Gasteiger partial charge in [0.2, 0.25) is 0 Å². The van der Waals surface area contributed by atoms with Gasteiger partial charge in [0, 0.05) is 30.8 Å². The average molecular weight is 535 g/mol. The summed E-state index contributed by atoms with van der Waals surface area (Å²) in [7, 11) is 3.43. The molecule has 6 nitrogen and oxygen atoms in total. The Labute approximate surface area is 235 Å². The molecule has 4 aliphatic heterocycles. The molecular formula is C34H34N2O4. The van der Waals surface area contributed by atoms with Gasteiger partial charge in [-0.15, -0.1) is 0 Å². The van der Waals surface area contributed by atoms with Crippen LogP contribution in [0.5, 0.6) is 23.0 Å². The molecule has 0 unspecified atom stereocenters. The maximum absolute atomic E-state index is 6.83. The van der Waals surface area contributed by atoms with Crippen LogP contribution in [-0.4, -0.2) is 33.0 Å². The highest BCUT2D eigenvalue weighted by atomic mass is 16.5. The van der Waals surface area contributed by atoms with Gasteiger partial charge in [-0.25, -0.2) is 0 Å². The lowest BCUT2D eigenvalue weighted by Crippen LogP contribution is -2.35. The van der Waals surface area contributed by atoms with E-state index in [2.05, 4.69) is 53.9 Å². The molecule has 3 atom stereocenters. The Morgan fingerprint density at radius 2 is 1.82 bits per heavy atom. The van der Waals surface area contributed by atoms with Crippen molar-refractivity contribution in [2.75, 3.05) is 27.3 Å². The van der Waals surface area contributed by atoms with Gasteiger partial charge in [-0.05, 0) is 96.5 Å². The number of methoxy groups -OCH3 is 2. The number of aliphatic imine (C=N–C) groups is 1. The predicted molar refractivity (Wildman–Crippen MR) is 156 cm³/mol. The van der Waals surface area contributed by atoms with Gasteiger partial charge in [0.1, 0.15) is 23.0 Å². The normalized spacial score (nSPS) is 23.1. The van der Waals surface area contributed by atoms with Gasteiger partial charge < -0.3 is 24.3 Å². The second-order valence-corrected chi connectivity index (χ2v) is 11.0. The first-order chi connectivity index (χ1) is 19.7. The van der Waals surface area contributed by atoms with Crippen molar-refractivity contribution in [3.63, 3.8) is 0 Å². The standard InChI is InChI=1S/C34H34N2O4/c1-37-27-17-24-11-13-36-30-15-21-6-8-25(9-7-21)39-26-5-3-4-22(14-26)16-29-28-20-32(40-33(19-27)34(24)30)31(38-2)18-23(28)10-12-35-29/h3-9,14,17-20,24,29,34-35H,10-13,15-16H2,1-2H3/t24-,29+,34-/m0/s1. The first-order valence-electron chi connectivity index (χ1n) is 14.2. The largest absolute Gasteiger partial charge is 0.497 e. The van der Waals surface area contributed by atoms with Crippen LogP contribution in [0, 0.1) is 11.8 Å². The van der Waals surface area contributed by atoms with Crippen LogP contribution >= 0.6 is 0 Å². The smallest absolute Gasteiger partial charge is 0.169 e. The molecule has 3 aromatic rings. The highest BCUT2D eigenvalue weighted by Gasteiger charge is 2.36. The zero-order valence-corrected chi connectivity index (χ0v) is 23.0. The first kappa shape index (κ1) is 25.0. The van der Waals surface area contributed by atoms with Gasteiger partial charge in [-0.2, -0.15) is 0 Å². The topological polar surface area (TPSA) is 61.3 Å². The van der Waals surface area contributed by atoms with Gasteiger partial charge in [0.15, 0.2) is 11.5 Å². The van der Waals surface area contributed by atoms with Gasteiger partial charge >= 0.3 is 0 Å². The fraction of sp³-hybridized carbons (Fsp3) is 0.324. The van der Waals surface area contributed by atoms with E-state index in [0.717, 1.165) is 79.0 Å². The fourth-order valence-electron chi connectivity index (χ4n) is 6.49. The number of nitrogens with zero attached hydrogens (tertiary/aromatic N) is 1. The van der Waals surface area contributed by atoms with Crippen molar-refractivity contribution < 1.29 is 18.9 Å². The summed E-state index contributed by atoms with van der Waals surface area (Å²) >= 11 is 0. The van der Waals surface area contributed by atoms with Crippen LogP contribution in [0.1, 0.15) is 34.7 Å². The maximum atomic E-state index is 6.83. The number of fused-ring (bicyclic) bond motifs is 2. The lowest BCUT2D eigenvalue weighted by molar-refractivity contribution is 0.265. The minimum atomic E-state index is 0.0388. The van der Waals surface area contributed by atoms with Crippen LogP contribution in [0.2, 0.25) is 0 Å². The van der Waals surface area contributed by atoms with Crippen LogP contribution in [0.25, 0.3) is 0 Å². The molecule has 5 aliphatic rings. The van der Waals surface area contributed by atoms with Crippen LogP contribution in [-0.2, 0) is 24.0 Å². The summed E-state index contributed by atoms with van der Waals surface area (Å²) in [5.74, 6) is 5.14. The maximum Gasteiger partial charge on any atom is 0.169 e. The summed E-state index contributed by atoms with van der Waals surface area (Å²) in [6, 6.07) is 21.2. The molecule has 204 valence electrons.